The lowest BCUT2D eigenvalue weighted by molar-refractivity contribution is 0.143. The van der Waals surface area contributed by atoms with Gasteiger partial charge in [0.25, 0.3) is 0 Å². The van der Waals surface area contributed by atoms with E-state index < -0.39 is 0 Å². The molecule has 1 aromatic rings. The van der Waals surface area contributed by atoms with Crippen LogP contribution in [0.2, 0.25) is 0 Å². The molecule has 2 atom stereocenters. The Morgan fingerprint density at radius 2 is 2.00 bits per heavy atom. The molecule has 102 valence electrons. The van der Waals surface area contributed by atoms with E-state index in [1.807, 2.05) is 0 Å². The van der Waals surface area contributed by atoms with Crippen molar-refractivity contribution in [1.82, 2.24) is 5.32 Å². The Bertz CT molecular complexity index is 323. The molecule has 0 saturated carbocycles. The third-order valence-electron chi connectivity index (χ3n) is 2.82. The van der Waals surface area contributed by atoms with Crippen LogP contribution >= 0.6 is 0 Å². The number of halogens is 1. The number of methoxy groups -OCH3 is 1. The van der Waals surface area contributed by atoms with Gasteiger partial charge in [0.1, 0.15) is 5.82 Å². The van der Waals surface area contributed by atoms with E-state index in [9.17, 15) is 4.39 Å². The number of hydrogen-bond acceptors (Lipinski definition) is 3. The summed E-state index contributed by atoms with van der Waals surface area (Å²) >= 11 is 0. The van der Waals surface area contributed by atoms with Gasteiger partial charge in [0.15, 0.2) is 0 Å². The minimum atomic E-state index is -0.211. The maximum Gasteiger partial charge on any atom is 0.123 e. The quantitative estimate of drug-likeness (QED) is 0.743. The molecule has 0 amide bonds. The number of aliphatic hydroxyl groups is 1. The lowest BCUT2D eigenvalue weighted by Gasteiger charge is -2.22. The average molecular weight is 255 g/mol. The van der Waals surface area contributed by atoms with Crippen LogP contribution in [0.1, 0.15) is 18.9 Å². The van der Waals surface area contributed by atoms with E-state index in [0.717, 1.165) is 12.0 Å². The first kappa shape index (κ1) is 15.1. The molecule has 0 heterocycles. The van der Waals surface area contributed by atoms with Crippen molar-refractivity contribution in [3.63, 3.8) is 0 Å². The number of benzene rings is 1. The van der Waals surface area contributed by atoms with Crippen LogP contribution in [0.5, 0.6) is 0 Å². The van der Waals surface area contributed by atoms with Crippen molar-refractivity contribution < 1.29 is 14.2 Å². The van der Waals surface area contributed by atoms with Crippen molar-refractivity contribution in [2.45, 2.75) is 31.8 Å². The smallest absolute Gasteiger partial charge is 0.123 e. The molecule has 0 aliphatic heterocycles. The molecule has 4 heteroatoms. The van der Waals surface area contributed by atoms with Gasteiger partial charge in [0.05, 0.1) is 6.61 Å². The SMILES string of the molecule is COCC(CCO)NC(C)Cc1ccc(F)cc1. The van der Waals surface area contributed by atoms with Gasteiger partial charge < -0.3 is 15.2 Å². The van der Waals surface area contributed by atoms with Crippen LogP contribution in [-0.2, 0) is 11.2 Å². The standard InChI is InChI=1S/C14H22FNO2/c1-11(16-14(7-8-17)10-18-2)9-12-3-5-13(15)6-4-12/h3-6,11,14,16-17H,7-10H2,1-2H3. The predicted octanol–water partition coefficient (Wildman–Crippen LogP) is 1.74. The van der Waals surface area contributed by atoms with E-state index in [1.54, 1.807) is 19.2 Å². The van der Waals surface area contributed by atoms with Gasteiger partial charge in [0, 0.05) is 25.8 Å². The lowest BCUT2D eigenvalue weighted by Crippen LogP contribution is -2.41. The summed E-state index contributed by atoms with van der Waals surface area (Å²) in [5.74, 6) is -0.211. The van der Waals surface area contributed by atoms with E-state index in [1.165, 1.54) is 12.1 Å². The first-order chi connectivity index (χ1) is 8.65. The number of nitrogens with one attached hydrogen (secondary N) is 1. The zero-order valence-electron chi connectivity index (χ0n) is 11.0. The number of aliphatic hydroxyl groups excluding tert-OH is 1. The molecule has 0 radical (unpaired) electrons. The molecule has 0 bridgehead atoms. The van der Waals surface area contributed by atoms with Crippen molar-refractivity contribution in [2.75, 3.05) is 20.3 Å². The second-order valence-electron chi connectivity index (χ2n) is 4.56. The Hall–Kier alpha value is -0.970. The molecule has 0 fully saturated rings. The van der Waals surface area contributed by atoms with Gasteiger partial charge in [0.2, 0.25) is 0 Å². The summed E-state index contributed by atoms with van der Waals surface area (Å²) in [5, 5.41) is 12.4. The van der Waals surface area contributed by atoms with Gasteiger partial charge >= 0.3 is 0 Å². The van der Waals surface area contributed by atoms with Gasteiger partial charge in [-0.2, -0.15) is 0 Å². The van der Waals surface area contributed by atoms with Crippen LogP contribution in [0.25, 0.3) is 0 Å². The molecule has 0 aliphatic rings. The monoisotopic (exact) mass is 255 g/mol. The first-order valence-corrected chi connectivity index (χ1v) is 6.26. The molecular weight excluding hydrogens is 233 g/mol. The number of ether oxygens (including phenoxy) is 1. The molecule has 0 spiro atoms. The van der Waals surface area contributed by atoms with Gasteiger partial charge in [-0.05, 0) is 37.5 Å². The maximum absolute atomic E-state index is 12.8. The number of hydrogen-bond donors (Lipinski definition) is 2. The molecule has 0 aromatic heterocycles. The van der Waals surface area contributed by atoms with Crippen LogP contribution in [-0.4, -0.2) is 37.5 Å². The molecular formula is C14H22FNO2. The highest BCUT2D eigenvalue weighted by Crippen LogP contribution is 2.06. The highest BCUT2D eigenvalue weighted by Gasteiger charge is 2.11. The third-order valence-corrected chi connectivity index (χ3v) is 2.82. The van der Waals surface area contributed by atoms with Gasteiger partial charge in [-0.25, -0.2) is 4.39 Å². The van der Waals surface area contributed by atoms with Crippen molar-refractivity contribution >= 4 is 0 Å². The summed E-state index contributed by atoms with van der Waals surface area (Å²) in [6.07, 6.45) is 1.49. The Balaban J connectivity index is 2.43. The highest BCUT2D eigenvalue weighted by molar-refractivity contribution is 5.17. The molecule has 2 unspecified atom stereocenters. The maximum atomic E-state index is 12.8. The average Bonchev–Trinajstić information content (AvgIpc) is 2.33. The fourth-order valence-corrected chi connectivity index (χ4v) is 2.01. The van der Waals surface area contributed by atoms with Crippen LogP contribution < -0.4 is 5.32 Å². The van der Waals surface area contributed by atoms with Gasteiger partial charge in [-0.3, -0.25) is 0 Å². The Morgan fingerprint density at radius 3 is 2.56 bits per heavy atom. The Morgan fingerprint density at radius 1 is 1.33 bits per heavy atom. The van der Waals surface area contributed by atoms with Crippen molar-refractivity contribution in [1.29, 1.82) is 0 Å². The summed E-state index contributed by atoms with van der Waals surface area (Å²) in [6, 6.07) is 6.94. The summed E-state index contributed by atoms with van der Waals surface area (Å²) in [6.45, 7) is 2.79. The topological polar surface area (TPSA) is 41.5 Å². The lowest BCUT2D eigenvalue weighted by atomic mass is 10.1. The van der Waals surface area contributed by atoms with Crippen molar-refractivity contribution in [2.24, 2.45) is 0 Å². The summed E-state index contributed by atoms with van der Waals surface area (Å²) < 4.78 is 17.9. The van der Waals surface area contributed by atoms with Gasteiger partial charge in [-0.1, -0.05) is 12.1 Å². The fourth-order valence-electron chi connectivity index (χ4n) is 2.01. The third kappa shape index (κ3) is 5.58. The summed E-state index contributed by atoms with van der Waals surface area (Å²) in [4.78, 5) is 0. The predicted molar refractivity (Wildman–Crippen MR) is 70.1 cm³/mol. The molecule has 18 heavy (non-hydrogen) atoms. The van der Waals surface area contributed by atoms with Crippen molar-refractivity contribution in [3.8, 4) is 0 Å². The zero-order chi connectivity index (χ0) is 13.4. The normalized spacial score (nSPS) is 14.4. The van der Waals surface area contributed by atoms with E-state index in [-0.39, 0.29) is 24.5 Å². The highest BCUT2D eigenvalue weighted by atomic mass is 19.1. The number of rotatable bonds is 8. The van der Waals surface area contributed by atoms with Crippen LogP contribution in [0, 0.1) is 5.82 Å². The molecule has 1 rings (SSSR count). The summed E-state index contributed by atoms with van der Waals surface area (Å²) in [7, 11) is 1.65. The second kappa shape index (κ2) is 8.19. The fraction of sp³-hybridized carbons (Fsp3) is 0.571. The minimum Gasteiger partial charge on any atom is -0.396 e. The van der Waals surface area contributed by atoms with Crippen LogP contribution in [0.3, 0.4) is 0 Å². The Labute approximate surface area is 108 Å². The van der Waals surface area contributed by atoms with Crippen molar-refractivity contribution in [3.05, 3.63) is 35.6 Å². The Kier molecular flexibility index (Phi) is 6.86. The van der Waals surface area contributed by atoms with E-state index in [4.69, 9.17) is 9.84 Å². The minimum absolute atomic E-state index is 0.143. The zero-order valence-corrected chi connectivity index (χ0v) is 11.0. The molecule has 3 nitrogen and oxygen atoms in total. The van der Waals surface area contributed by atoms with E-state index in [2.05, 4.69) is 12.2 Å². The van der Waals surface area contributed by atoms with E-state index >= 15 is 0 Å². The van der Waals surface area contributed by atoms with E-state index in [0.29, 0.717) is 13.0 Å². The largest absolute Gasteiger partial charge is 0.396 e. The van der Waals surface area contributed by atoms with Gasteiger partial charge in [-0.15, -0.1) is 0 Å². The molecule has 0 aliphatic carbocycles. The van der Waals surface area contributed by atoms with Crippen LogP contribution in [0.15, 0.2) is 24.3 Å². The molecule has 1 aromatic carbocycles. The first-order valence-electron chi connectivity index (χ1n) is 6.26. The molecule has 0 saturated heterocycles. The summed E-state index contributed by atoms with van der Waals surface area (Å²) in [5.41, 5.74) is 1.09. The second-order valence-corrected chi connectivity index (χ2v) is 4.56. The molecule has 2 N–H and O–H groups in total. The van der Waals surface area contributed by atoms with Crippen LogP contribution in [0.4, 0.5) is 4.39 Å².